The first-order valence-corrected chi connectivity index (χ1v) is 7.08. The van der Waals surface area contributed by atoms with Crippen molar-refractivity contribution in [3.05, 3.63) is 35.4 Å². The Kier molecular flexibility index (Phi) is 4.79. The van der Waals surface area contributed by atoms with Gasteiger partial charge in [-0.25, -0.2) is 0 Å². The predicted octanol–water partition coefficient (Wildman–Crippen LogP) is 3.49. The van der Waals surface area contributed by atoms with Gasteiger partial charge in [-0.3, -0.25) is 0 Å². The van der Waals surface area contributed by atoms with Gasteiger partial charge in [0.25, 0.3) is 0 Å². The number of hydrogen-bond acceptors (Lipinski definition) is 2. The lowest BCUT2D eigenvalue weighted by Gasteiger charge is -2.32. The van der Waals surface area contributed by atoms with E-state index in [0.717, 1.165) is 18.4 Å². The van der Waals surface area contributed by atoms with E-state index in [1.54, 1.807) is 0 Å². The fourth-order valence-electron chi connectivity index (χ4n) is 2.71. The molecular formula is C16H25NO. The van der Waals surface area contributed by atoms with Gasteiger partial charge in [0.1, 0.15) is 0 Å². The Bertz CT molecular complexity index is 377. The third-order valence-corrected chi connectivity index (χ3v) is 4.26. The van der Waals surface area contributed by atoms with Crippen LogP contribution in [0, 0.1) is 11.8 Å². The van der Waals surface area contributed by atoms with Crippen molar-refractivity contribution in [2.24, 2.45) is 17.6 Å². The van der Waals surface area contributed by atoms with E-state index in [-0.39, 0.29) is 0 Å². The van der Waals surface area contributed by atoms with Crippen molar-refractivity contribution in [1.29, 1.82) is 0 Å². The molecule has 0 spiro atoms. The highest BCUT2D eigenvalue weighted by Gasteiger charge is 2.24. The molecule has 1 saturated carbocycles. The standard InChI is InChI=1S/C16H25NO/c1-12-6-7-16(8-13(12)2)18-11-15-5-3-4-14(9-15)10-17/h3-5,9,12-13,16H,6-8,10-11,17H2,1-2H3. The normalized spacial score (nSPS) is 28.3. The van der Waals surface area contributed by atoms with E-state index in [1.165, 1.54) is 30.4 Å². The predicted molar refractivity (Wildman–Crippen MR) is 75.1 cm³/mol. The molecule has 0 aliphatic heterocycles. The van der Waals surface area contributed by atoms with Crippen molar-refractivity contribution in [2.75, 3.05) is 0 Å². The van der Waals surface area contributed by atoms with Gasteiger partial charge in [0, 0.05) is 6.54 Å². The molecule has 0 heterocycles. The molecule has 1 aromatic rings. The summed E-state index contributed by atoms with van der Waals surface area (Å²) in [4.78, 5) is 0. The first-order valence-electron chi connectivity index (χ1n) is 7.08. The molecule has 0 aromatic heterocycles. The summed E-state index contributed by atoms with van der Waals surface area (Å²) in [7, 11) is 0. The smallest absolute Gasteiger partial charge is 0.0720 e. The molecule has 0 amide bonds. The number of nitrogens with two attached hydrogens (primary N) is 1. The zero-order valence-electron chi connectivity index (χ0n) is 11.6. The van der Waals surface area contributed by atoms with Gasteiger partial charge < -0.3 is 10.5 Å². The summed E-state index contributed by atoms with van der Waals surface area (Å²) < 4.78 is 6.05. The molecule has 100 valence electrons. The molecule has 1 aliphatic rings. The average molecular weight is 247 g/mol. The highest BCUT2D eigenvalue weighted by Crippen LogP contribution is 2.31. The molecule has 3 unspecified atom stereocenters. The summed E-state index contributed by atoms with van der Waals surface area (Å²) in [6, 6.07) is 8.39. The number of benzene rings is 1. The van der Waals surface area contributed by atoms with Crippen LogP contribution in [0.2, 0.25) is 0 Å². The van der Waals surface area contributed by atoms with Gasteiger partial charge in [-0.1, -0.05) is 38.1 Å². The molecule has 18 heavy (non-hydrogen) atoms. The molecule has 1 aliphatic carbocycles. The summed E-state index contributed by atoms with van der Waals surface area (Å²) in [6.07, 6.45) is 4.16. The van der Waals surface area contributed by atoms with Crippen LogP contribution in [0.1, 0.15) is 44.2 Å². The van der Waals surface area contributed by atoms with E-state index in [2.05, 4.69) is 38.1 Å². The van der Waals surface area contributed by atoms with Crippen molar-refractivity contribution < 1.29 is 4.74 Å². The topological polar surface area (TPSA) is 35.2 Å². The summed E-state index contributed by atoms with van der Waals surface area (Å²) in [5.74, 6) is 1.64. The Balaban J connectivity index is 1.84. The van der Waals surface area contributed by atoms with E-state index in [1.807, 2.05) is 0 Å². The van der Waals surface area contributed by atoms with Crippen molar-refractivity contribution in [3.63, 3.8) is 0 Å². The molecular weight excluding hydrogens is 222 g/mol. The van der Waals surface area contributed by atoms with Crippen LogP contribution in [-0.4, -0.2) is 6.10 Å². The molecule has 0 saturated heterocycles. The van der Waals surface area contributed by atoms with Crippen LogP contribution in [-0.2, 0) is 17.9 Å². The van der Waals surface area contributed by atoms with Crippen molar-refractivity contribution >= 4 is 0 Å². The van der Waals surface area contributed by atoms with Gasteiger partial charge in [0.2, 0.25) is 0 Å². The van der Waals surface area contributed by atoms with Gasteiger partial charge >= 0.3 is 0 Å². The van der Waals surface area contributed by atoms with Gasteiger partial charge in [0.05, 0.1) is 12.7 Å². The van der Waals surface area contributed by atoms with E-state index < -0.39 is 0 Å². The fraction of sp³-hybridized carbons (Fsp3) is 0.625. The van der Waals surface area contributed by atoms with E-state index in [0.29, 0.717) is 12.6 Å². The van der Waals surface area contributed by atoms with Crippen LogP contribution in [0.25, 0.3) is 0 Å². The molecule has 1 aromatic carbocycles. The molecule has 2 N–H and O–H groups in total. The van der Waals surface area contributed by atoms with Gasteiger partial charge in [0.15, 0.2) is 0 Å². The maximum absolute atomic E-state index is 6.05. The fourth-order valence-corrected chi connectivity index (χ4v) is 2.71. The summed E-state index contributed by atoms with van der Waals surface area (Å²) in [5.41, 5.74) is 8.07. The minimum atomic E-state index is 0.442. The Hall–Kier alpha value is -0.860. The molecule has 3 atom stereocenters. The molecule has 2 nitrogen and oxygen atoms in total. The number of hydrogen-bond donors (Lipinski definition) is 1. The third kappa shape index (κ3) is 3.56. The Labute approximate surface area is 111 Å². The lowest BCUT2D eigenvalue weighted by Crippen LogP contribution is -2.26. The van der Waals surface area contributed by atoms with Crippen LogP contribution in [0.3, 0.4) is 0 Å². The second kappa shape index (κ2) is 6.35. The third-order valence-electron chi connectivity index (χ3n) is 4.26. The Morgan fingerprint density at radius 2 is 1.94 bits per heavy atom. The zero-order valence-corrected chi connectivity index (χ0v) is 11.6. The molecule has 2 heteroatoms. The molecule has 1 fully saturated rings. The minimum Gasteiger partial charge on any atom is -0.374 e. The van der Waals surface area contributed by atoms with Crippen LogP contribution in [0.15, 0.2) is 24.3 Å². The van der Waals surface area contributed by atoms with Crippen LogP contribution < -0.4 is 5.73 Å². The van der Waals surface area contributed by atoms with Crippen LogP contribution in [0.4, 0.5) is 0 Å². The largest absolute Gasteiger partial charge is 0.374 e. The maximum atomic E-state index is 6.05. The van der Waals surface area contributed by atoms with Crippen molar-refractivity contribution in [3.8, 4) is 0 Å². The Morgan fingerprint density at radius 3 is 2.67 bits per heavy atom. The highest BCUT2D eigenvalue weighted by atomic mass is 16.5. The van der Waals surface area contributed by atoms with E-state index in [4.69, 9.17) is 10.5 Å². The van der Waals surface area contributed by atoms with Crippen molar-refractivity contribution in [1.82, 2.24) is 0 Å². The monoisotopic (exact) mass is 247 g/mol. The summed E-state index contributed by atoms with van der Waals surface area (Å²) in [5, 5.41) is 0. The number of rotatable bonds is 4. The summed E-state index contributed by atoms with van der Waals surface area (Å²) >= 11 is 0. The van der Waals surface area contributed by atoms with Crippen LogP contribution >= 0.6 is 0 Å². The van der Waals surface area contributed by atoms with Gasteiger partial charge in [-0.2, -0.15) is 0 Å². The first kappa shape index (κ1) is 13.6. The average Bonchev–Trinajstić information content (AvgIpc) is 2.40. The lowest BCUT2D eigenvalue weighted by atomic mass is 9.80. The SMILES string of the molecule is CC1CCC(OCc2cccc(CN)c2)CC1C. The maximum Gasteiger partial charge on any atom is 0.0720 e. The summed E-state index contributed by atoms with van der Waals surface area (Å²) in [6.45, 7) is 6.02. The first-order chi connectivity index (χ1) is 8.69. The van der Waals surface area contributed by atoms with Crippen molar-refractivity contribution in [2.45, 2.75) is 52.4 Å². The van der Waals surface area contributed by atoms with Crippen LogP contribution in [0.5, 0.6) is 0 Å². The molecule has 2 rings (SSSR count). The second-order valence-electron chi connectivity index (χ2n) is 5.72. The van der Waals surface area contributed by atoms with Gasteiger partial charge in [-0.05, 0) is 42.2 Å². The Morgan fingerprint density at radius 1 is 1.17 bits per heavy atom. The minimum absolute atomic E-state index is 0.442. The van der Waals surface area contributed by atoms with E-state index >= 15 is 0 Å². The van der Waals surface area contributed by atoms with E-state index in [9.17, 15) is 0 Å². The zero-order chi connectivity index (χ0) is 13.0. The molecule has 0 radical (unpaired) electrons. The van der Waals surface area contributed by atoms with Gasteiger partial charge in [-0.15, -0.1) is 0 Å². The quantitative estimate of drug-likeness (QED) is 0.884. The second-order valence-corrected chi connectivity index (χ2v) is 5.72. The molecule has 0 bridgehead atoms. The lowest BCUT2D eigenvalue weighted by molar-refractivity contribution is -0.00747. The number of ether oxygens (including phenoxy) is 1. The highest BCUT2D eigenvalue weighted by molar-refractivity contribution is 5.22.